The van der Waals surface area contributed by atoms with Crippen molar-refractivity contribution in [3.05, 3.63) is 68.2 Å². The molecule has 6 nitrogen and oxygen atoms in total. The van der Waals surface area contributed by atoms with Gasteiger partial charge in [-0.25, -0.2) is 0 Å². The number of hydrogen-bond donors (Lipinski definition) is 2. The van der Waals surface area contributed by atoms with Crippen LogP contribution in [0.1, 0.15) is 15.9 Å². The number of carbonyl (C=O) groups excluding carboxylic acids is 1. The minimum atomic E-state index is -0.476. The monoisotopic (exact) mass is 349 g/mol. The van der Waals surface area contributed by atoms with Crippen LogP contribution in [0, 0.1) is 10.1 Å². The average Bonchev–Trinajstić information content (AvgIpc) is 2.46. The van der Waals surface area contributed by atoms with Gasteiger partial charge in [0.05, 0.1) is 10.6 Å². The summed E-state index contributed by atoms with van der Waals surface area (Å²) in [6, 6.07) is 11.3. The number of hydrogen-bond acceptors (Lipinski definition) is 4. The van der Waals surface area contributed by atoms with Gasteiger partial charge in [0.2, 0.25) is 5.91 Å². The molecule has 0 unspecified atom stereocenters. The number of amides is 1. The summed E-state index contributed by atoms with van der Waals surface area (Å²) < 4.78 is 0.738. The van der Waals surface area contributed by atoms with Crippen LogP contribution in [0.2, 0.25) is 0 Å². The highest BCUT2D eigenvalue weighted by Gasteiger charge is 2.09. The van der Waals surface area contributed by atoms with Crippen molar-refractivity contribution >= 4 is 33.2 Å². The van der Waals surface area contributed by atoms with Gasteiger partial charge in [-0.05, 0) is 39.7 Å². The predicted octanol–water partition coefficient (Wildman–Crippen LogP) is 3.07. The second-order valence-corrected chi connectivity index (χ2v) is 5.19. The molecule has 0 aliphatic heterocycles. The van der Waals surface area contributed by atoms with Crippen LogP contribution >= 0.6 is 15.9 Å². The first kappa shape index (κ1) is 15.0. The smallest absolute Gasteiger partial charge is 0.271 e. The normalized spacial score (nSPS) is 10.1. The molecule has 7 heteroatoms. The molecule has 0 aliphatic carbocycles. The highest BCUT2D eigenvalue weighted by molar-refractivity contribution is 9.10. The van der Waals surface area contributed by atoms with Gasteiger partial charge in [-0.3, -0.25) is 14.9 Å². The van der Waals surface area contributed by atoms with Crippen LogP contribution in [0.4, 0.5) is 11.4 Å². The van der Waals surface area contributed by atoms with Gasteiger partial charge in [-0.2, -0.15) is 0 Å². The van der Waals surface area contributed by atoms with Crippen molar-refractivity contribution in [2.45, 2.75) is 6.54 Å². The number of rotatable bonds is 5. The molecule has 0 radical (unpaired) electrons. The summed E-state index contributed by atoms with van der Waals surface area (Å²) in [6.45, 7) is 0.471. The second kappa shape index (κ2) is 6.36. The van der Waals surface area contributed by atoms with Crippen molar-refractivity contribution in [2.24, 2.45) is 5.73 Å². The zero-order chi connectivity index (χ0) is 15.4. The van der Waals surface area contributed by atoms with E-state index in [0.29, 0.717) is 17.8 Å². The van der Waals surface area contributed by atoms with Crippen molar-refractivity contribution < 1.29 is 9.72 Å². The first-order valence-electron chi connectivity index (χ1n) is 6.04. The number of halogens is 1. The van der Waals surface area contributed by atoms with Gasteiger partial charge in [0.25, 0.3) is 5.69 Å². The van der Waals surface area contributed by atoms with E-state index in [1.807, 2.05) is 0 Å². The Morgan fingerprint density at radius 2 is 1.90 bits per heavy atom. The fourth-order valence-corrected chi connectivity index (χ4v) is 2.13. The molecule has 0 aliphatic rings. The van der Waals surface area contributed by atoms with Crippen LogP contribution in [0.5, 0.6) is 0 Å². The zero-order valence-corrected chi connectivity index (χ0v) is 12.5. The second-order valence-electron chi connectivity index (χ2n) is 4.34. The van der Waals surface area contributed by atoms with E-state index < -0.39 is 10.8 Å². The molecule has 2 aromatic carbocycles. The molecule has 0 aromatic heterocycles. The standard InChI is InChI=1S/C14H12BrN3O3/c15-12-6-5-11(18(20)21)7-13(12)17-8-9-1-3-10(4-2-9)14(16)19/h1-7,17H,8H2,(H2,16,19). The van der Waals surface area contributed by atoms with Crippen molar-refractivity contribution in [3.8, 4) is 0 Å². The van der Waals surface area contributed by atoms with Crippen molar-refractivity contribution in [3.63, 3.8) is 0 Å². The maximum Gasteiger partial charge on any atom is 0.271 e. The van der Waals surface area contributed by atoms with Crippen LogP contribution in [0.25, 0.3) is 0 Å². The van der Waals surface area contributed by atoms with Gasteiger partial charge >= 0.3 is 0 Å². The number of nitro groups is 1. The minimum Gasteiger partial charge on any atom is -0.380 e. The van der Waals surface area contributed by atoms with Crippen molar-refractivity contribution in [2.75, 3.05) is 5.32 Å². The van der Waals surface area contributed by atoms with Crippen LogP contribution in [-0.4, -0.2) is 10.8 Å². The highest BCUT2D eigenvalue weighted by Crippen LogP contribution is 2.27. The van der Waals surface area contributed by atoms with E-state index in [-0.39, 0.29) is 5.69 Å². The zero-order valence-electron chi connectivity index (χ0n) is 10.9. The van der Waals surface area contributed by atoms with Crippen molar-refractivity contribution in [1.82, 2.24) is 0 Å². The van der Waals surface area contributed by atoms with Crippen molar-refractivity contribution in [1.29, 1.82) is 0 Å². The first-order valence-corrected chi connectivity index (χ1v) is 6.83. The van der Waals surface area contributed by atoms with Gasteiger partial charge in [-0.1, -0.05) is 12.1 Å². The quantitative estimate of drug-likeness (QED) is 0.640. The molecular formula is C14H12BrN3O3. The van der Waals surface area contributed by atoms with Gasteiger partial charge in [0.1, 0.15) is 0 Å². The van der Waals surface area contributed by atoms with Crippen LogP contribution in [0.15, 0.2) is 46.9 Å². The number of non-ortho nitro benzene ring substituents is 1. The molecule has 1 amide bonds. The molecule has 0 saturated carbocycles. The summed E-state index contributed by atoms with van der Waals surface area (Å²) in [7, 11) is 0. The predicted molar refractivity (Wildman–Crippen MR) is 83.1 cm³/mol. The number of benzene rings is 2. The maximum absolute atomic E-state index is 11.0. The Balaban J connectivity index is 2.10. The Labute approximate surface area is 129 Å². The number of nitro benzene ring substituents is 1. The lowest BCUT2D eigenvalue weighted by atomic mass is 10.1. The molecule has 0 bridgehead atoms. The van der Waals surface area contributed by atoms with Crippen LogP contribution < -0.4 is 11.1 Å². The van der Waals surface area contributed by atoms with Gasteiger partial charge in [0, 0.05) is 28.7 Å². The number of anilines is 1. The molecule has 3 N–H and O–H groups in total. The Morgan fingerprint density at radius 3 is 2.48 bits per heavy atom. The topological polar surface area (TPSA) is 98.3 Å². The summed E-state index contributed by atoms with van der Waals surface area (Å²) in [5.74, 6) is -0.476. The molecule has 108 valence electrons. The molecule has 0 atom stereocenters. The summed E-state index contributed by atoms with van der Waals surface area (Å²) in [6.07, 6.45) is 0. The SMILES string of the molecule is NC(=O)c1ccc(CNc2cc([N+](=O)[O-])ccc2Br)cc1. The van der Waals surface area contributed by atoms with E-state index >= 15 is 0 Å². The fraction of sp³-hybridized carbons (Fsp3) is 0.0714. The lowest BCUT2D eigenvalue weighted by molar-refractivity contribution is -0.384. The Morgan fingerprint density at radius 1 is 1.24 bits per heavy atom. The summed E-state index contributed by atoms with van der Waals surface area (Å²) in [5, 5.41) is 13.9. The molecule has 2 aromatic rings. The summed E-state index contributed by atoms with van der Waals surface area (Å²) >= 11 is 3.34. The molecule has 0 saturated heterocycles. The van der Waals surface area contributed by atoms with Gasteiger partial charge < -0.3 is 11.1 Å². The molecule has 21 heavy (non-hydrogen) atoms. The number of nitrogens with two attached hydrogens (primary N) is 1. The minimum absolute atomic E-state index is 0.0183. The maximum atomic E-state index is 11.0. The molecule has 0 fully saturated rings. The summed E-state index contributed by atoms with van der Waals surface area (Å²) in [5.41, 5.74) is 7.18. The fourth-order valence-electron chi connectivity index (χ4n) is 1.75. The number of carbonyl (C=O) groups is 1. The molecule has 0 spiro atoms. The third kappa shape index (κ3) is 3.79. The Bertz CT molecular complexity index is 686. The summed E-state index contributed by atoms with van der Waals surface area (Å²) in [4.78, 5) is 21.3. The van der Waals surface area contributed by atoms with E-state index in [4.69, 9.17) is 5.73 Å². The van der Waals surface area contributed by atoms with E-state index in [9.17, 15) is 14.9 Å². The lowest BCUT2D eigenvalue weighted by Crippen LogP contribution is -2.10. The Kier molecular flexibility index (Phi) is 4.54. The first-order chi connectivity index (χ1) is 9.97. The van der Waals surface area contributed by atoms with E-state index in [1.54, 1.807) is 30.3 Å². The average molecular weight is 350 g/mol. The molecule has 2 rings (SSSR count). The third-order valence-electron chi connectivity index (χ3n) is 2.88. The van der Waals surface area contributed by atoms with Gasteiger partial charge in [-0.15, -0.1) is 0 Å². The molecule has 0 heterocycles. The van der Waals surface area contributed by atoms with E-state index in [2.05, 4.69) is 21.2 Å². The van der Waals surface area contributed by atoms with Gasteiger partial charge in [0.15, 0.2) is 0 Å². The lowest BCUT2D eigenvalue weighted by Gasteiger charge is -2.09. The van der Waals surface area contributed by atoms with E-state index in [1.165, 1.54) is 12.1 Å². The Hall–Kier alpha value is -2.41. The number of primary amides is 1. The molecular weight excluding hydrogens is 338 g/mol. The number of nitrogens with one attached hydrogen (secondary N) is 1. The van der Waals surface area contributed by atoms with Crippen LogP contribution in [-0.2, 0) is 6.54 Å². The highest BCUT2D eigenvalue weighted by atomic mass is 79.9. The number of nitrogens with zero attached hydrogens (tertiary/aromatic N) is 1. The third-order valence-corrected chi connectivity index (χ3v) is 3.57. The van der Waals surface area contributed by atoms with E-state index in [0.717, 1.165) is 10.0 Å². The largest absolute Gasteiger partial charge is 0.380 e. The van der Waals surface area contributed by atoms with Crippen LogP contribution in [0.3, 0.4) is 0 Å².